The third-order valence-electron chi connectivity index (χ3n) is 6.11. The molecular formula is C24H32N6OS2. The van der Waals surface area contributed by atoms with Crippen LogP contribution >= 0.6 is 23.1 Å². The second kappa shape index (κ2) is 11.3. The van der Waals surface area contributed by atoms with Crippen molar-refractivity contribution in [1.29, 1.82) is 0 Å². The van der Waals surface area contributed by atoms with Gasteiger partial charge in [0, 0.05) is 24.5 Å². The highest BCUT2D eigenvalue weighted by atomic mass is 32.2. The Morgan fingerprint density at radius 2 is 2.09 bits per heavy atom. The molecule has 4 rings (SSSR count). The first-order valence-corrected chi connectivity index (χ1v) is 13.5. The van der Waals surface area contributed by atoms with Crippen LogP contribution < -0.4 is 5.32 Å². The van der Waals surface area contributed by atoms with E-state index in [1.165, 1.54) is 42.7 Å². The van der Waals surface area contributed by atoms with Gasteiger partial charge in [-0.2, -0.15) is 0 Å². The third-order valence-corrected chi connectivity index (χ3v) is 8.08. The summed E-state index contributed by atoms with van der Waals surface area (Å²) in [6.45, 7) is 9.25. The van der Waals surface area contributed by atoms with Crippen LogP contribution in [0.3, 0.4) is 0 Å². The lowest BCUT2D eigenvalue weighted by Gasteiger charge is -2.33. The van der Waals surface area contributed by atoms with Crippen LogP contribution in [-0.4, -0.2) is 56.2 Å². The zero-order valence-corrected chi connectivity index (χ0v) is 21.2. The Hall–Kier alpha value is -2.23. The van der Waals surface area contributed by atoms with Gasteiger partial charge in [0.05, 0.1) is 11.4 Å². The summed E-state index contributed by atoms with van der Waals surface area (Å²) >= 11 is 3.10. The maximum atomic E-state index is 12.5. The topological polar surface area (TPSA) is 75.9 Å². The zero-order valence-electron chi connectivity index (χ0n) is 19.6. The van der Waals surface area contributed by atoms with Crippen LogP contribution in [0, 0.1) is 13.8 Å². The summed E-state index contributed by atoms with van der Waals surface area (Å²) < 4.78 is 2.07. The number of carbonyl (C=O) groups excluding carboxylic acids is 1. The SMILES string of the molecule is Cc1ccccc1-n1c(C)nnc1SCc1nc(C(=O)NCCCN2CCCCC2C)cs1. The lowest BCUT2D eigenvalue weighted by Crippen LogP contribution is -2.39. The Morgan fingerprint density at radius 1 is 1.24 bits per heavy atom. The fourth-order valence-corrected chi connectivity index (χ4v) is 5.98. The Labute approximate surface area is 204 Å². The molecule has 2 aromatic heterocycles. The number of piperidine rings is 1. The second-order valence-corrected chi connectivity index (χ2v) is 10.4. The lowest BCUT2D eigenvalue weighted by atomic mass is 10.0. The molecule has 0 saturated carbocycles. The van der Waals surface area contributed by atoms with E-state index in [0.29, 0.717) is 24.0 Å². The van der Waals surface area contributed by atoms with Gasteiger partial charge in [-0.3, -0.25) is 9.36 Å². The van der Waals surface area contributed by atoms with Crippen molar-refractivity contribution in [2.24, 2.45) is 0 Å². The zero-order chi connectivity index (χ0) is 23.2. The number of nitrogens with zero attached hydrogens (tertiary/aromatic N) is 5. The van der Waals surface area contributed by atoms with Gasteiger partial charge < -0.3 is 10.2 Å². The molecule has 9 heteroatoms. The van der Waals surface area contributed by atoms with E-state index in [0.717, 1.165) is 34.6 Å². The lowest BCUT2D eigenvalue weighted by molar-refractivity contribution is 0.0944. The highest BCUT2D eigenvalue weighted by Gasteiger charge is 2.18. The van der Waals surface area contributed by atoms with E-state index >= 15 is 0 Å². The van der Waals surface area contributed by atoms with E-state index in [1.54, 1.807) is 11.8 Å². The molecule has 1 atom stereocenters. The van der Waals surface area contributed by atoms with Crippen LogP contribution in [0.1, 0.15) is 59.5 Å². The van der Waals surface area contributed by atoms with Crippen molar-refractivity contribution < 1.29 is 4.79 Å². The molecule has 0 aliphatic carbocycles. The Morgan fingerprint density at radius 3 is 2.91 bits per heavy atom. The van der Waals surface area contributed by atoms with Gasteiger partial charge >= 0.3 is 0 Å². The van der Waals surface area contributed by atoms with Gasteiger partial charge in [0.15, 0.2) is 5.16 Å². The van der Waals surface area contributed by atoms with Gasteiger partial charge in [0.1, 0.15) is 16.5 Å². The maximum absolute atomic E-state index is 12.5. The molecule has 1 unspecified atom stereocenters. The molecule has 0 spiro atoms. The minimum atomic E-state index is -0.0897. The molecule has 7 nitrogen and oxygen atoms in total. The number of aromatic nitrogens is 4. The number of aryl methyl sites for hydroxylation is 2. The standard InChI is InChI=1S/C24H32N6OS2/c1-17-9-4-5-11-21(17)30-19(3)27-28-24(30)33-16-22-26-20(15-32-22)23(31)25-12-8-14-29-13-7-6-10-18(29)2/h4-5,9,11,15,18H,6-8,10,12-14,16H2,1-3H3,(H,25,31). The minimum absolute atomic E-state index is 0.0897. The number of para-hydroxylation sites is 1. The predicted octanol–water partition coefficient (Wildman–Crippen LogP) is 4.63. The quantitative estimate of drug-likeness (QED) is 0.353. The number of thioether (sulfide) groups is 1. The van der Waals surface area contributed by atoms with Crippen molar-refractivity contribution in [2.75, 3.05) is 19.6 Å². The van der Waals surface area contributed by atoms with Crippen LogP contribution in [0.2, 0.25) is 0 Å². The summed E-state index contributed by atoms with van der Waals surface area (Å²) in [5.41, 5.74) is 2.75. The minimum Gasteiger partial charge on any atom is -0.351 e. The second-order valence-electron chi connectivity index (χ2n) is 8.56. The molecule has 0 radical (unpaired) electrons. The Kier molecular flexibility index (Phi) is 8.16. The Bertz CT molecular complexity index is 1080. The van der Waals surface area contributed by atoms with Crippen molar-refractivity contribution in [3.8, 4) is 5.69 Å². The smallest absolute Gasteiger partial charge is 0.270 e. The molecular weight excluding hydrogens is 452 g/mol. The summed E-state index contributed by atoms with van der Waals surface area (Å²) in [5.74, 6) is 1.41. The van der Waals surface area contributed by atoms with Gasteiger partial charge in [0.25, 0.3) is 5.91 Å². The molecule has 1 N–H and O–H groups in total. The number of rotatable bonds is 9. The molecule has 1 aromatic carbocycles. The summed E-state index contributed by atoms with van der Waals surface area (Å²) in [5, 5.41) is 15.2. The molecule has 1 amide bonds. The highest BCUT2D eigenvalue weighted by Crippen LogP contribution is 2.27. The van der Waals surface area contributed by atoms with E-state index in [9.17, 15) is 4.79 Å². The molecule has 3 aromatic rings. The number of nitrogens with one attached hydrogen (secondary N) is 1. The number of hydrogen-bond acceptors (Lipinski definition) is 7. The monoisotopic (exact) mass is 484 g/mol. The molecule has 33 heavy (non-hydrogen) atoms. The molecule has 1 aliphatic heterocycles. The normalized spacial score (nSPS) is 16.8. The first-order chi connectivity index (χ1) is 16.0. The largest absolute Gasteiger partial charge is 0.351 e. The van der Waals surface area contributed by atoms with E-state index < -0.39 is 0 Å². The first-order valence-electron chi connectivity index (χ1n) is 11.6. The van der Waals surface area contributed by atoms with Crippen molar-refractivity contribution in [1.82, 2.24) is 30.0 Å². The number of amides is 1. The third kappa shape index (κ3) is 6.02. The number of benzene rings is 1. The first kappa shape index (κ1) is 23.9. The van der Waals surface area contributed by atoms with Gasteiger partial charge in [-0.05, 0) is 58.2 Å². The number of likely N-dealkylation sites (tertiary alicyclic amines) is 1. The van der Waals surface area contributed by atoms with Crippen LogP contribution in [0.4, 0.5) is 0 Å². The molecule has 1 saturated heterocycles. The van der Waals surface area contributed by atoms with Crippen LogP contribution in [-0.2, 0) is 5.75 Å². The van der Waals surface area contributed by atoms with Crippen molar-refractivity contribution in [3.05, 3.63) is 51.7 Å². The molecule has 1 aliphatic rings. The molecule has 0 bridgehead atoms. The summed E-state index contributed by atoms with van der Waals surface area (Å²) in [7, 11) is 0. The van der Waals surface area contributed by atoms with E-state index in [4.69, 9.17) is 0 Å². The molecule has 3 heterocycles. The summed E-state index contributed by atoms with van der Waals surface area (Å²) in [6.07, 6.45) is 4.88. The average Bonchev–Trinajstić information content (AvgIpc) is 3.43. The van der Waals surface area contributed by atoms with Crippen LogP contribution in [0.25, 0.3) is 5.69 Å². The highest BCUT2D eigenvalue weighted by molar-refractivity contribution is 7.98. The molecule has 176 valence electrons. The number of hydrogen-bond donors (Lipinski definition) is 1. The van der Waals surface area contributed by atoms with Crippen molar-refractivity contribution in [2.45, 2.75) is 63.4 Å². The van der Waals surface area contributed by atoms with Gasteiger partial charge in [-0.1, -0.05) is 36.4 Å². The van der Waals surface area contributed by atoms with Gasteiger partial charge in [-0.25, -0.2) is 4.98 Å². The summed E-state index contributed by atoms with van der Waals surface area (Å²) in [6, 6.07) is 8.88. The summed E-state index contributed by atoms with van der Waals surface area (Å²) in [4.78, 5) is 19.6. The fraction of sp³-hybridized carbons (Fsp3) is 0.500. The average molecular weight is 485 g/mol. The van der Waals surface area contributed by atoms with Crippen LogP contribution in [0.5, 0.6) is 0 Å². The number of carbonyl (C=O) groups is 1. The van der Waals surface area contributed by atoms with Gasteiger partial charge in [-0.15, -0.1) is 21.5 Å². The van der Waals surface area contributed by atoms with Crippen molar-refractivity contribution in [3.63, 3.8) is 0 Å². The predicted molar refractivity (Wildman–Crippen MR) is 134 cm³/mol. The fourth-order valence-electron chi connectivity index (χ4n) is 4.20. The molecule has 1 fully saturated rings. The van der Waals surface area contributed by atoms with E-state index in [2.05, 4.69) is 55.9 Å². The van der Waals surface area contributed by atoms with E-state index in [1.807, 2.05) is 24.4 Å². The van der Waals surface area contributed by atoms with Crippen LogP contribution in [0.15, 0.2) is 34.8 Å². The maximum Gasteiger partial charge on any atom is 0.270 e. The number of thiazole rings is 1. The Balaban J connectivity index is 1.28. The van der Waals surface area contributed by atoms with Gasteiger partial charge in [0.2, 0.25) is 0 Å². The van der Waals surface area contributed by atoms with Crippen molar-refractivity contribution >= 4 is 29.0 Å². The van der Waals surface area contributed by atoms with E-state index in [-0.39, 0.29) is 5.91 Å².